The Morgan fingerprint density at radius 3 is 2.70 bits per heavy atom. The zero-order valence-electron chi connectivity index (χ0n) is 14.3. The molecule has 1 rings (SSSR count). The van der Waals surface area contributed by atoms with Crippen LogP contribution >= 0.6 is 0 Å². The molecule has 2 amide bonds. The predicted molar refractivity (Wildman–Crippen MR) is 87.4 cm³/mol. The van der Waals surface area contributed by atoms with E-state index >= 15 is 0 Å². The van der Waals surface area contributed by atoms with Gasteiger partial charge < -0.3 is 20.5 Å². The third kappa shape index (κ3) is 7.43. The molecule has 5 nitrogen and oxygen atoms in total. The summed E-state index contributed by atoms with van der Waals surface area (Å²) >= 11 is 0. The average molecular weight is 326 g/mol. The molecule has 0 saturated heterocycles. The molecule has 1 aromatic rings. The molecule has 0 aliphatic heterocycles. The van der Waals surface area contributed by atoms with Gasteiger partial charge in [-0.1, -0.05) is 19.9 Å². The number of benzene rings is 1. The van der Waals surface area contributed by atoms with E-state index in [0.717, 1.165) is 5.56 Å². The summed E-state index contributed by atoms with van der Waals surface area (Å²) in [5.74, 6) is -0.320. The van der Waals surface area contributed by atoms with Gasteiger partial charge in [0.15, 0.2) is 0 Å². The average Bonchev–Trinajstić information content (AvgIpc) is 2.45. The lowest BCUT2D eigenvalue weighted by molar-refractivity contribution is 0.129. The molecular formula is C17H27FN2O3. The van der Waals surface area contributed by atoms with Crippen LogP contribution in [0.15, 0.2) is 18.2 Å². The lowest BCUT2D eigenvalue weighted by Crippen LogP contribution is -2.41. The van der Waals surface area contributed by atoms with Crippen LogP contribution in [0.4, 0.5) is 9.18 Å². The van der Waals surface area contributed by atoms with E-state index in [1.165, 1.54) is 13.2 Å². The second-order valence-corrected chi connectivity index (χ2v) is 6.61. The SMILES string of the molecule is COCc1cc(CNC(=O)NCC(C)(C)CC(C)O)ccc1F. The van der Waals surface area contributed by atoms with E-state index in [9.17, 15) is 14.3 Å². The fraction of sp³-hybridized carbons (Fsp3) is 0.588. The van der Waals surface area contributed by atoms with Crippen molar-refractivity contribution in [1.82, 2.24) is 10.6 Å². The molecule has 0 aliphatic rings. The number of methoxy groups -OCH3 is 1. The first-order valence-electron chi connectivity index (χ1n) is 7.69. The number of urea groups is 1. The zero-order valence-corrected chi connectivity index (χ0v) is 14.3. The number of carbonyl (C=O) groups is 1. The lowest BCUT2D eigenvalue weighted by Gasteiger charge is -2.26. The molecule has 3 N–H and O–H groups in total. The molecule has 0 bridgehead atoms. The standard InChI is InChI=1S/C17H27FN2O3/c1-12(21)8-17(2,3)11-20-16(22)19-9-13-5-6-15(18)14(7-13)10-23-4/h5-7,12,21H,8-11H2,1-4H3,(H2,19,20,22). The van der Waals surface area contributed by atoms with Gasteiger partial charge in [0.2, 0.25) is 0 Å². The second kappa shape index (κ2) is 8.84. The van der Waals surface area contributed by atoms with Crippen LogP contribution in [0.1, 0.15) is 38.3 Å². The van der Waals surface area contributed by atoms with Gasteiger partial charge in [-0.25, -0.2) is 9.18 Å². The van der Waals surface area contributed by atoms with E-state index in [1.807, 2.05) is 13.8 Å². The number of aliphatic hydroxyl groups excluding tert-OH is 1. The van der Waals surface area contributed by atoms with Crippen molar-refractivity contribution in [2.24, 2.45) is 5.41 Å². The van der Waals surface area contributed by atoms with E-state index in [2.05, 4.69) is 10.6 Å². The number of rotatable bonds is 8. The Labute approximate surface area is 137 Å². The van der Waals surface area contributed by atoms with Crippen molar-refractivity contribution in [3.63, 3.8) is 0 Å². The van der Waals surface area contributed by atoms with Gasteiger partial charge in [0.25, 0.3) is 0 Å². The van der Waals surface area contributed by atoms with Crippen molar-refractivity contribution in [2.75, 3.05) is 13.7 Å². The fourth-order valence-corrected chi connectivity index (χ4v) is 2.44. The summed E-state index contributed by atoms with van der Waals surface area (Å²) in [7, 11) is 1.51. The summed E-state index contributed by atoms with van der Waals surface area (Å²) in [5.41, 5.74) is 1.08. The molecule has 0 spiro atoms. The Hall–Kier alpha value is -1.66. The highest BCUT2D eigenvalue weighted by atomic mass is 19.1. The highest BCUT2D eigenvalue weighted by Gasteiger charge is 2.20. The molecule has 0 aromatic heterocycles. The number of ether oxygens (including phenoxy) is 1. The van der Waals surface area contributed by atoms with Crippen molar-refractivity contribution >= 4 is 6.03 Å². The van der Waals surface area contributed by atoms with Gasteiger partial charge in [0, 0.05) is 25.8 Å². The topological polar surface area (TPSA) is 70.6 Å². The van der Waals surface area contributed by atoms with Gasteiger partial charge in [-0.2, -0.15) is 0 Å². The fourth-order valence-electron chi connectivity index (χ4n) is 2.44. The monoisotopic (exact) mass is 326 g/mol. The molecule has 1 atom stereocenters. The highest BCUT2D eigenvalue weighted by molar-refractivity contribution is 5.73. The van der Waals surface area contributed by atoms with Crippen molar-refractivity contribution < 1.29 is 19.0 Å². The van der Waals surface area contributed by atoms with Crippen molar-refractivity contribution in [3.8, 4) is 0 Å². The quantitative estimate of drug-likeness (QED) is 0.687. The molecule has 0 saturated carbocycles. The van der Waals surface area contributed by atoms with E-state index in [-0.39, 0.29) is 23.9 Å². The number of amides is 2. The van der Waals surface area contributed by atoms with E-state index in [1.54, 1.807) is 19.1 Å². The molecule has 6 heteroatoms. The molecular weight excluding hydrogens is 299 g/mol. The molecule has 0 aliphatic carbocycles. The molecule has 23 heavy (non-hydrogen) atoms. The van der Waals surface area contributed by atoms with Gasteiger partial charge in [-0.15, -0.1) is 0 Å². The largest absolute Gasteiger partial charge is 0.393 e. The normalized spacial score (nSPS) is 12.8. The van der Waals surface area contributed by atoms with Gasteiger partial charge >= 0.3 is 6.03 Å². The van der Waals surface area contributed by atoms with Crippen molar-refractivity contribution in [3.05, 3.63) is 35.1 Å². The second-order valence-electron chi connectivity index (χ2n) is 6.61. The molecule has 0 heterocycles. The van der Waals surface area contributed by atoms with Gasteiger partial charge in [0.1, 0.15) is 5.82 Å². The summed E-state index contributed by atoms with van der Waals surface area (Å²) in [5, 5.41) is 15.0. The van der Waals surface area contributed by atoms with Crippen molar-refractivity contribution in [2.45, 2.75) is 46.4 Å². The minimum Gasteiger partial charge on any atom is -0.393 e. The number of halogens is 1. The number of hydrogen-bond acceptors (Lipinski definition) is 3. The minimum absolute atomic E-state index is 0.187. The Kier molecular flexibility index (Phi) is 7.45. The molecule has 0 fully saturated rings. The summed E-state index contributed by atoms with van der Waals surface area (Å²) in [6, 6.07) is 4.39. The van der Waals surface area contributed by atoms with Crippen LogP contribution in [0.2, 0.25) is 0 Å². The first-order chi connectivity index (χ1) is 10.7. The number of hydrogen-bond donors (Lipinski definition) is 3. The van der Waals surface area contributed by atoms with Crippen LogP contribution in [0.3, 0.4) is 0 Å². The van der Waals surface area contributed by atoms with Crippen LogP contribution in [0, 0.1) is 11.2 Å². The summed E-state index contributed by atoms with van der Waals surface area (Å²) in [6.07, 6.45) is 0.194. The first-order valence-corrected chi connectivity index (χ1v) is 7.69. The maximum absolute atomic E-state index is 13.5. The van der Waals surface area contributed by atoms with Crippen LogP contribution in [0.5, 0.6) is 0 Å². The summed E-state index contributed by atoms with van der Waals surface area (Å²) < 4.78 is 18.4. The predicted octanol–water partition coefficient (Wildman–Crippen LogP) is 2.57. The van der Waals surface area contributed by atoms with Gasteiger partial charge in [-0.3, -0.25) is 0 Å². The summed E-state index contributed by atoms with van der Waals surface area (Å²) in [6.45, 7) is 6.66. The Balaban J connectivity index is 2.46. The first kappa shape index (κ1) is 19.4. The van der Waals surface area contributed by atoms with Gasteiger partial charge in [0.05, 0.1) is 12.7 Å². The molecule has 0 radical (unpaired) electrons. The van der Waals surface area contributed by atoms with E-state index < -0.39 is 6.10 Å². The maximum atomic E-state index is 13.5. The number of nitrogens with one attached hydrogen (secondary N) is 2. The summed E-state index contributed by atoms with van der Waals surface area (Å²) in [4.78, 5) is 11.8. The van der Waals surface area contributed by atoms with Gasteiger partial charge in [-0.05, 0) is 36.5 Å². The Morgan fingerprint density at radius 1 is 1.39 bits per heavy atom. The van der Waals surface area contributed by atoms with Crippen LogP contribution in [-0.2, 0) is 17.9 Å². The Morgan fingerprint density at radius 2 is 2.09 bits per heavy atom. The molecule has 130 valence electrons. The zero-order chi connectivity index (χ0) is 17.5. The number of carbonyl (C=O) groups excluding carboxylic acids is 1. The Bertz CT molecular complexity index is 519. The lowest BCUT2D eigenvalue weighted by atomic mass is 9.87. The highest BCUT2D eigenvalue weighted by Crippen LogP contribution is 2.20. The van der Waals surface area contributed by atoms with Crippen LogP contribution in [-0.4, -0.2) is 30.9 Å². The molecule has 1 aromatic carbocycles. The van der Waals surface area contributed by atoms with Crippen LogP contribution < -0.4 is 10.6 Å². The van der Waals surface area contributed by atoms with E-state index in [4.69, 9.17) is 4.74 Å². The number of aliphatic hydroxyl groups is 1. The van der Waals surface area contributed by atoms with Crippen molar-refractivity contribution in [1.29, 1.82) is 0 Å². The third-order valence-electron chi connectivity index (χ3n) is 3.44. The minimum atomic E-state index is -0.409. The maximum Gasteiger partial charge on any atom is 0.315 e. The third-order valence-corrected chi connectivity index (χ3v) is 3.44. The molecule has 1 unspecified atom stereocenters. The van der Waals surface area contributed by atoms with Crippen LogP contribution in [0.25, 0.3) is 0 Å². The smallest absolute Gasteiger partial charge is 0.315 e. The van der Waals surface area contributed by atoms with E-state index in [0.29, 0.717) is 25.1 Å².